The van der Waals surface area contributed by atoms with Crippen LogP contribution in [0.15, 0.2) is 24.3 Å². The lowest BCUT2D eigenvalue weighted by molar-refractivity contribution is 0.135. The average molecular weight is 176 g/mol. The molecular weight excluding hydrogens is 160 g/mol. The van der Waals surface area contributed by atoms with Crippen LogP contribution in [-0.2, 0) is 0 Å². The highest BCUT2D eigenvalue weighted by Crippen LogP contribution is 2.42. The first-order chi connectivity index (χ1) is 6.31. The van der Waals surface area contributed by atoms with Crippen LogP contribution in [0.2, 0.25) is 0 Å². The second-order valence-corrected chi connectivity index (χ2v) is 4.04. The molecule has 0 aliphatic heterocycles. The monoisotopic (exact) mass is 176 g/mol. The molecule has 1 aromatic carbocycles. The van der Waals surface area contributed by atoms with Crippen LogP contribution in [0.25, 0.3) is 0 Å². The third-order valence-corrected chi connectivity index (χ3v) is 3.12. The molecule has 1 fully saturated rings. The Morgan fingerprint density at radius 1 is 1.38 bits per heavy atom. The molecule has 0 saturated heterocycles. The largest absolute Gasteiger partial charge is 0.396 e. The second kappa shape index (κ2) is 3.51. The van der Waals surface area contributed by atoms with Gasteiger partial charge < -0.3 is 5.11 Å². The molecule has 0 aromatic heterocycles. The van der Waals surface area contributed by atoms with Gasteiger partial charge in [-0.05, 0) is 37.2 Å². The number of benzene rings is 1. The molecule has 0 radical (unpaired) electrons. The summed E-state index contributed by atoms with van der Waals surface area (Å²) in [7, 11) is 0. The van der Waals surface area contributed by atoms with E-state index < -0.39 is 0 Å². The van der Waals surface area contributed by atoms with Gasteiger partial charge in [-0.25, -0.2) is 0 Å². The molecule has 13 heavy (non-hydrogen) atoms. The van der Waals surface area contributed by atoms with Crippen molar-refractivity contribution in [2.45, 2.75) is 25.7 Å². The third-order valence-electron chi connectivity index (χ3n) is 3.12. The van der Waals surface area contributed by atoms with Crippen molar-refractivity contribution in [3.63, 3.8) is 0 Å². The van der Waals surface area contributed by atoms with Crippen molar-refractivity contribution in [2.24, 2.45) is 5.92 Å². The van der Waals surface area contributed by atoms with E-state index in [2.05, 4.69) is 31.2 Å². The third kappa shape index (κ3) is 1.61. The molecule has 1 aromatic rings. The molecule has 2 atom stereocenters. The Bertz CT molecular complexity index is 291. The topological polar surface area (TPSA) is 20.2 Å². The fourth-order valence-corrected chi connectivity index (χ4v) is 2.13. The molecule has 1 aliphatic carbocycles. The Morgan fingerprint density at radius 2 is 2.23 bits per heavy atom. The Balaban J connectivity index is 2.16. The molecule has 2 unspecified atom stereocenters. The van der Waals surface area contributed by atoms with Gasteiger partial charge in [0.05, 0.1) is 0 Å². The summed E-state index contributed by atoms with van der Waals surface area (Å²) in [5.41, 5.74) is 2.73. The minimum absolute atomic E-state index is 0.346. The van der Waals surface area contributed by atoms with Crippen LogP contribution in [-0.4, -0.2) is 11.7 Å². The number of aryl methyl sites for hydroxylation is 1. The van der Waals surface area contributed by atoms with Gasteiger partial charge in [0.25, 0.3) is 0 Å². The first kappa shape index (κ1) is 8.76. The van der Waals surface area contributed by atoms with Crippen molar-refractivity contribution >= 4 is 0 Å². The van der Waals surface area contributed by atoms with Crippen molar-refractivity contribution in [1.82, 2.24) is 0 Å². The van der Waals surface area contributed by atoms with Gasteiger partial charge in [-0.15, -0.1) is 0 Å². The number of rotatable bonds is 2. The second-order valence-electron chi connectivity index (χ2n) is 4.04. The maximum absolute atomic E-state index is 9.09. The summed E-state index contributed by atoms with van der Waals surface area (Å²) in [6.07, 6.45) is 2.43. The van der Waals surface area contributed by atoms with E-state index in [0.29, 0.717) is 18.4 Å². The van der Waals surface area contributed by atoms with Gasteiger partial charge in [0.15, 0.2) is 0 Å². The van der Waals surface area contributed by atoms with E-state index in [1.807, 2.05) is 0 Å². The molecule has 0 spiro atoms. The highest BCUT2D eigenvalue weighted by Gasteiger charge is 2.31. The lowest BCUT2D eigenvalue weighted by atomic mass is 9.70. The van der Waals surface area contributed by atoms with Gasteiger partial charge in [0.2, 0.25) is 0 Å². The summed E-state index contributed by atoms with van der Waals surface area (Å²) in [4.78, 5) is 0. The van der Waals surface area contributed by atoms with E-state index >= 15 is 0 Å². The normalized spacial score (nSPS) is 26.9. The van der Waals surface area contributed by atoms with Crippen LogP contribution in [0.3, 0.4) is 0 Å². The van der Waals surface area contributed by atoms with Crippen LogP contribution in [0.4, 0.5) is 0 Å². The summed E-state index contributed by atoms with van der Waals surface area (Å²) in [5.74, 6) is 1.13. The summed E-state index contributed by atoms with van der Waals surface area (Å²) in [6.45, 7) is 2.47. The Hall–Kier alpha value is -0.820. The number of hydrogen-bond donors (Lipinski definition) is 1. The lowest BCUT2D eigenvalue weighted by Gasteiger charge is -2.35. The number of hydrogen-bond acceptors (Lipinski definition) is 1. The van der Waals surface area contributed by atoms with Crippen LogP contribution < -0.4 is 0 Å². The maximum atomic E-state index is 9.09. The molecule has 0 bridgehead atoms. The molecule has 1 aliphatic rings. The Morgan fingerprint density at radius 3 is 2.77 bits per heavy atom. The van der Waals surface area contributed by atoms with Crippen LogP contribution in [0.5, 0.6) is 0 Å². The maximum Gasteiger partial charge on any atom is 0.0465 e. The van der Waals surface area contributed by atoms with E-state index in [9.17, 15) is 0 Å². The first-order valence-electron chi connectivity index (χ1n) is 4.98. The lowest BCUT2D eigenvalue weighted by Crippen LogP contribution is -2.26. The number of aliphatic hydroxyl groups is 1. The van der Waals surface area contributed by atoms with Gasteiger partial charge >= 0.3 is 0 Å². The predicted octanol–water partition coefficient (Wildman–Crippen LogP) is 2.48. The summed E-state index contributed by atoms with van der Waals surface area (Å²) in [6, 6.07) is 8.65. The van der Waals surface area contributed by atoms with Crippen LogP contribution in [0, 0.1) is 12.8 Å². The zero-order valence-corrected chi connectivity index (χ0v) is 8.03. The smallest absolute Gasteiger partial charge is 0.0465 e. The highest BCUT2D eigenvalue weighted by molar-refractivity contribution is 5.27. The van der Waals surface area contributed by atoms with Crippen molar-refractivity contribution in [2.75, 3.05) is 6.61 Å². The fraction of sp³-hybridized carbons (Fsp3) is 0.500. The van der Waals surface area contributed by atoms with E-state index in [-0.39, 0.29) is 0 Å². The number of aliphatic hydroxyl groups excluding tert-OH is 1. The van der Waals surface area contributed by atoms with Gasteiger partial charge in [-0.2, -0.15) is 0 Å². The van der Waals surface area contributed by atoms with Crippen LogP contribution in [0.1, 0.15) is 29.9 Å². The van der Waals surface area contributed by atoms with Crippen LogP contribution >= 0.6 is 0 Å². The Kier molecular flexibility index (Phi) is 2.36. The molecule has 1 N–H and O–H groups in total. The van der Waals surface area contributed by atoms with Crippen molar-refractivity contribution in [3.05, 3.63) is 35.4 Å². The quantitative estimate of drug-likeness (QED) is 0.734. The average Bonchev–Trinajstić information content (AvgIpc) is 2.03. The Labute approximate surface area is 79.4 Å². The molecular formula is C12H16O. The highest BCUT2D eigenvalue weighted by atomic mass is 16.3. The summed E-state index contributed by atoms with van der Waals surface area (Å²) < 4.78 is 0. The van der Waals surface area contributed by atoms with Crippen molar-refractivity contribution < 1.29 is 5.11 Å². The van der Waals surface area contributed by atoms with Gasteiger partial charge in [0.1, 0.15) is 0 Å². The minimum atomic E-state index is 0.346. The van der Waals surface area contributed by atoms with Gasteiger partial charge in [-0.1, -0.05) is 29.8 Å². The summed E-state index contributed by atoms with van der Waals surface area (Å²) >= 11 is 0. The summed E-state index contributed by atoms with van der Waals surface area (Å²) in [5, 5.41) is 9.09. The van der Waals surface area contributed by atoms with Gasteiger partial charge in [0, 0.05) is 6.61 Å². The van der Waals surface area contributed by atoms with Crippen molar-refractivity contribution in [3.8, 4) is 0 Å². The first-order valence-corrected chi connectivity index (χ1v) is 4.98. The fourth-order valence-electron chi connectivity index (χ4n) is 2.13. The SMILES string of the molecule is Cc1cccc(C2CCC2CO)c1. The molecule has 0 amide bonds. The van der Waals surface area contributed by atoms with Crippen molar-refractivity contribution in [1.29, 1.82) is 0 Å². The molecule has 70 valence electrons. The zero-order valence-electron chi connectivity index (χ0n) is 8.03. The predicted molar refractivity (Wildman–Crippen MR) is 53.7 cm³/mol. The standard InChI is InChI=1S/C12H16O/c1-9-3-2-4-10(7-9)12-6-5-11(12)8-13/h2-4,7,11-13H,5-6,8H2,1H3. The minimum Gasteiger partial charge on any atom is -0.396 e. The molecule has 1 heteroatoms. The molecule has 2 rings (SSSR count). The molecule has 1 saturated carbocycles. The van der Waals surface area contributed by atoms with E-state index in [4.69, 9.17) is 5.11 Å². The zero-order chi connectivity index (χ0) is 9.26. The van der Waals surface area contributed by atoms with E-state index in [0.717, 1.165) is 0 Å². The molecule has 1 nitrogen and oxygen atoms in total. The van der Waals surface area contributed by atoms with Gasteiger partial charge in [-0.3, -0.25) is 0 Å². The molecule has 0 heterocycles. The van der Waals surface area contributed by atoms with E-state index in [1.165, 1.54) is 24.0 Å². The van der Waals surface area contributed by atoms with E-state index in [1.54, 1.807) is 0 Å².